The molecule has 1 heterocycles. The molecule has 5 atom stereocenters. The number of nitrogens with two attached hydrogens (primary N) is 1. The van der Waals surface area contributed by atoms with E-state index >= 15 is 0 Å². The highest BCUT2D eigenvalue weighted by Gasteiger charge is 2.32. The van der Waals surface area contributed by atoms with Gasteiger partial charge in [-0.3, -0.25) is 14.4 Å². The molecular weight excluding hydrogens is 428 g/mol. The summed E-state index contributed by atoms with van der Waals surface area (Å²) >= 11 is 4.03. The van der Waals surface area contributed by atoms with Crippen molar-refractivity contribution in [2.75, 3.05) is 5.75 Å². The van der Waals surface area contributed by atoms with Crippen molar-refractivity contribution in [1.29, 1.82) is 0 Å². The van der Waals surface area contributed by atoms with Crippen LogP contribution in [0.15, 0.2) is 12.5 Å². The number of carboxylic acid groups (broad SMARTS) is 1. The minimum absolute atomic E-state index is 0.132. The molecule has 0 saturated heterocycles. The molecule has 8 N–H and O–H groups in total. The van der Waals surface area contributed by atoms with E-state index in [0.717, 1.165) is 0 Å². The van der Waals surface area contributed by atoms with E-state index in [0.29, 0.717) is 5.69 Å². The summed E-state index contributed by atoms with van der Waals surface area (Å²) in [7, 11) is 0. The predicted molar refractivity (Wildman–Crippen MR) is 114 cm³/mol. The molecule has 5 unspecified atom stereocenters. The average molecular weight is 459 g/mol. The van der Waals surface area contributed by atoms with Crippen LogP contribution in [0, 0.1) is 5.92 Å². The molecule has 0 aliphatic heterocycles. The molecule has 0 spiro atoms. The van der Waals surface area contributed by atoms with Crippen molar-refractivity contribution in [2.45, 2.75) is 57.5 Å². The van der Waals surface area contributed by atoms with Crippen molar-refractivity contribution in [1.82, 2.24) is 25.9 Å². The van der Waals surface area contributed by atoms with Gasteiger partial charge in [0.25, 0.3) is 0 Å². The lowest BCUT2D eigenvalue weighted by Gasteiger charge is -2.26. The number of carbonyl (C=O) groups is 4. The van der Waals surface area contributed by atoms with E-state index < -0.39 is 59.9 Å². The zero-order valence-corrected chi connectivity index (χ0v) is 18.4. The summed E-state index contributed by atoms with van der Waals surface area (Å²) in [6.45, 7) is 4.54. The van der Waals surface area contributed by atoms with Gasteiger partial charge in [0.15, 0.2) is 0 Å². The standard InChI is InChI=1S/C18H30N6O6S/c1-8(2)13(18(29)30)23-16(27)12(6-31)22-17(28)14(9(3)25)24-15(26)11(19)4-10-5-20-7-21-10/h5,7-9,11-14,25,31H,4,6,19H2,1-3H3,(H,20,21)(H,22,28)(H,23,27)(H,24,26)(H,29,30). The van der Waals surface area contributed by atoms with Gasteiger partial charge in [-0.25, -0.2) is 9.78 Å². The molecule has 0 bridgehead atoms. The van der Waals surface area contributed by atoms with E-state index in [-0.39, 0.29) is 12.2 Å². The van der Waals surface area contributed by atoms with Crippen LogP contribution in [0.1, 0.15) is 26.5 Å². The molecule has 174 valence electrons. The van der Waals surface area contributed by atoms with Crippen LogP contribution in [-0.2, 0) is 25.6 Å². The Balaban J connectivity index is 2.78. The number of aliphatic hydroxyl groups excluding tert-OH is 1. The van der Waals surface area contributed by atoms with Crippen molar-refractivity contribution in [3.8, 4) is 0 Å². The number of nitrogens with zero attached hydrogens (tertiary/aromatic N) is 1. The minimum atomic E-state index is -1.39. The highest BCUT2D eigenvalue weighted by Crippen LogP contribution is 2.04. The van der Waals surface area contributed by atoms with Gasteiger partial charge < -0.3 is 36.9 Å². The molecule has 3 amide bonds. The van der Waals surface area contributed by atoms with Crippen LogP contribution in [0.25, 0.3) is 0 Å². The van der Waals surface area contributed by atoms with Crippen molar-refractivity contribution in [3.05, 3.63) is 18.2 Å². The SMILES string of the molecule is CC(C)C(NC(=O)C(CS)NC(=O)C(NC(=O)C(N)Cc1cnc[nH]1)C(C)O)C(=O)O. The molecule has 12 nitrogen and oxygen atoms in total. The number of imidazole rings is 1. The maximum atomic E-state index is 12.6. The number of thiol groups is 1. The Morgan fingerprint density at radius 2 is 1.71 bits per heavy atom. The van der Waals surface area contributed by atoms with E-state index in [4.69, 9.17) is 5.73 Å². The van der Waals surface area contributed by atoms with Gasteiger partial charge in [0, 0.05) is 24.1 Å². The quantitative estimate of drug-likeness (QED) is 0.161. The van der Waals surface area contributed by atoms with Crippen LogP contribution in [0.4, 0.5) is 0 Å². The second kappa shape index (κ2) is 12.3. The lowest BCUT2D eigenvalue weighted by atomic mass is 10.0. The second-order valence-electron chi connectivity index (χ2n) is 7.43. The molecule has 31 heavy (non-hydrogen) atoms. The molecule has 1 aromatic heterocycles. The van der Waals surface area contributed by atoms with Crippen LogP contribution >= 0.6 is 12.6 Å². The molecule has 0 radical (unpaired) electrons. The van der Waals surface area contributed by atoms with Gasteiger partial charge >= 0.3 is 5.97 Å². The van der Waals surface area contributed by atoms with Crippen LogP contribution in [-0.4, -0.2) is 79.9 Å². The number of hydrogen-bond donors (Lipinski definition) is 8. The molecular formula is C18H30N6O6S. The van der Waals surface area contributed by atoms with E-state index in [1.807, 2.05) is 0 Å². The summed E-state index contributed by atoms with van der Waals surface area (Å²) in [6.07, 6.45) is 1.77. The van der Waals surface area contributed by atoms with Crippen LogP contribution in [0.3, 0.4) is 0 Å². The largest absolute Gasteiger partial charge is 0.480 e. The predicted octanol–water partition coefficient (Wildman–Crippen LogP) is -2.21. The number of aliphatic hydroxyl groups is 1. The Morgan fingerprint density at radius 1 is 1.10 bits per heavy atom. The first-order chi connectivity index (χ1) is 14.5. The molecule has 0 aromatic carbocycles. The monoisotopic (exact) mass is 458 g/mol. The number of aliphatic carboxylic acids is 1. The molecule has 1 rings (SSSR count). The van der Waals surface area contributed by atoms with Gasteiger partial charge in [-0.1, -0.05) is 13.8 Å². The Hall–Kier alpha value is -2.64. The highest BCUT2D eigenvalue weighted by atomic mass is 32.1. The van der Waals surface area contributed by atoms with E-state index in [2.05, 4.69) is 38.5 Å². The average Bonchev–Trinajstić information content (AvgIpc) is 3.19. The maximum absolute atomic E-state index is 12.6. The number of carbonyl (C=O) groups excluding carboxylic acids is 3. The zero-order valence-electron chi connectivity index (χ0n) is 17.5. The molecule has 0 fully saturated rings. The summed E-state index contributed by atoms with van der Waals surface area (Å²) in [5.41, 5.74) is 6.46. The van der Waals surface area contributed by atoms with Gasteiger partial charge in [-0.15, -0.1) is 0 Å². The fraction of sp³-hybridized carbons (Fsp3) is 0.611. The summed E-state index contributed by atoms with van der Waals surface area (Å²) in [5.74, 6) is -4.03. The van der Waals surface area contributed by atoms with Crippen LogP contribution in [0.2, 0.25) is 0 Å². The van der Waals surface area contributed by atoms with E-state index in [1.165, 1.54) is 19.4 Å². The fourth-order valence-corrected chi connectivity index (χ4v) is 2.87. The van der Waals surface area contributed by atoms with Crippen LogP contribution < -0.4 is 21.7 Å². The first-order valence-corrected chi connectivity index (χ1v) is 10.3. The van der Waals surface area contributed by atoms with Gasteiger partial charge in [0.1, 0.15) is 18.1 Å². The lowest BCUT2D eigenvalue weighted by molar-refractivity contribution is -0.143. The molecule has 0 aliphatic rings. The van der Waals surface area contributed by atoms with E-state index in [9.17, 15) is 29.4 Å². The van der Waals surface area contributed by atoms with Gasteiger partial charge in [-0.2, -0.15) is 12.6 Å². The number of aromatic nitrogens is 2. The van der Waals surface area contributed by atoms with Crippen molar-refractivity contribution >= 4 is 36.3 Å². The summed E-state index contributed by atoms with van der Waals surface area (Å²) < 4.78 is 0. The van der Waals surface area contributed by atoms with E-state index in [1.54, 1.807) is 13.8 Å². The van der Waals surface area contributed by atoms with Gasteiger partial charge in [0.05, 0.1) is 18.5 Å². The maximum Gasteiger partial charge on any atom is 0.326 e. The number of amides is 3. The summed E-state index contributed by atoms with van der Waals surface area (Å²) in [5, 5.41) is 26.2. The third-order valence-corrected chi connectivity index (χ3v) is 4.81. The summed E-state index contributed by atoms with van der Waals surface area (Å²) in [6, 6.07) is -4.75. The highest BCUT2D eigenvalue weighted by molar-refractivity contribution is 7.80. The van der Waals surface area contributed by atoms with Crippen molar-refractivity contribution in [2.24, 2.45) is 11.7 Å². The van der Waals surface area contributed by atoms with Gasteiger partial charge in [0.2, 0.25) is 17.7 Å². The smallest absolute Gasteiger partial charge is 0.326 e. The number of aromatic amines is 1. The number of carboxylic acids is 1. The fourth-order valence-electron chi connectivity index (χ4n) is 2.61. The molecule has 1 aromatic rings. The van der Waals surface area contributed by atoms with Crippen LogP contribution in [0.5, 0.6) is 0 Å². The topological polar surface area (TPSA) is 200 Å². The second-order valence-corrected chi connectivity index (χ2v) is 7.79. The Kier molecular flexibility index (Phi) is 10.4. The lowest BCUT2D eigenvalue weighted by Crippen LogP contribution is -2.60. The Morgan fingerprint density at radius 3 is 2.16 bits per heavy atom. The third kappa shape index (κ3) is 8.19. The van der Waals surface area contributed by atoms with Gasteiger partial charge in [-0.05, 0) is 12.8 Å². The Bertz CT molecular complexity index is 757. The number of H-pyrrole nitrogens is 1. The number of rotatable bonds is 12. The summed E-state index contributed by atoms with van der Waals surface area (Å²) in [4.78, 5) is 55.3. The zero-order chi connectivity index (χ0) is 23.7. The third-order valence-electron chi connectivity index (χ3n) is 4.44. The Labute approximate surface area is 185 Å². The van der Waals surface area contributed by atoms with Crippen molar-refractivity contribution in [3.63, 3.8) is 0 Å². The molecule has 0 aliphatic carbocycles. The molecule has 0 saturated carbocycles. The molecule has 13 heteroatoms. The number of hydrogen-bond acceptors (Lipinski definition) is 8. The minimum Gasteiger partial charge on any atom is -0.480 e. The normalized spacial score (nSPS) is 16.0. The first-order valence-electron chi connectivity index (χ1n) is 9.63. The first kappa shape index (κ1) is 26.4. The van der Waals surface area contributed by atoms with Crippen molar-refractivity contribution < 1.29 is 29.4 Å². The number of nitrogens with one attached hydrogen (secondary N) is 4.